The van der Waals surface area contributed by atoms with Crippen molar-refractivity contribution in [3.05, 3.63) is 77.3 Å². The van der Waals surface area contributed by atoms with Gasteiger partial charge in [0.15, 0.2) is 0 Å². The molecule has 5 nitrogen and oxygen atoms in total. The average Bonchev–Trinajstić information content (AvgIpc) is 3.01. The summed E-state index contributed by atoms with van der Waals surface area (Å²) in [7, 11) is 0. The molecule has 0 aromatic heterocycles. The summed E-state index contributed by atoms with van der Waals surface area (Å²) in [6, 6.07) is 13.5. The number of benzene rings is 2. The minimum atomic E-state index is -0.833. The highest BCUT2D eigenvalue weighted by molar-refractivity contribution is 6.30. The number of hydrogen-bond acceptors (Lipinski definition) is 3. The van der Waals surface area contributed by atoms with Gasteiger partial charge in [0.2, 0.25) is 11.8 Å². The molecular formula is C24H25ClN2O3. The summed E-state index contributed by atoms with van der Waals surface area (Å²) in [5.41, 5.74) is 2.44. The summed E-state index contributed by atoms with van der Waals surface area (Å²) >= 11 is 5.90. The van der Waals surface area contributed by atoms with Crippen LogP contribution in [0.15, 0.2) is 61.2 Å². The lowest BCUT2D eigenvalue weighted by Crippen LogP contribution is -2.46. The number of rotatable bonds is 7. The molecule has 1 unspecified atom stereocenters. The van der Waals surface area contributed by atoms with Crippen LogP contribution in [0.2, 0.25) is 5.02 Å². The van der Waals surface area contributed by atoms with Crippen LogP contribution in [0.3, 0.4) is 0 Å². The predicted molar refractivity (Wildman–Crippen MR) is 118 cm³/mol. The van der Waals surface area contributed by atoms with E-state index in [2.05, 4.69) is 20.4 Å². The van der Waals surface area contributed by atoms with Crippen LogP contribution in [0.1, 0.15) is 37.3 Å². The molecule has 1 aliphatic heterocycles. The van der Waals surface area contributed by atoms with Crippen molar-refractivity contribution in [1.82, 2.24) is 4.90 Å². The molecule has 1 aliphatic rings. The van der Waals surface area contributed by atoms with E-state index in [1.54, 1.807) is 42.5 Å². The lowest BCUT2D eigenvalue weighted by molar-refractivity contribution is -0.137. The molecule has 1 saturated heterocycles. The maximum atomic E-state index is 13.1. The Labute approximate surface area is 181 Å². The van der Waals surface area contributed by atoms with Crippen molar-refractivity contribution in [1.29, 1.82) is 0 Å². The van der Waals surface area contributed by atoms with Crippen LogP contribution in [0, 0.1) is 0 Å². The van der Waals surface area contributed by atoms with Gasteiger partial charge in [0, 0.05) is 11.6 Å². The zero-order valence-electron chi connectivity index (χ0n) is 17.2. The molecule has 0 bridgehead atoms. The fourth-order valence-corrected chi connectivity index (χ4v) is 3.69. The van der Waals surface area contributed by atoms with Crippen LogP contribution >= 0.6 is 11.6 Å². The molecule has 0 spiro atoms. The van der Waals surface area contributed by atoms with E-state index in [1.807, 2.05) is 12.1 Å². The first kappa shape index (κ1) is 21.8. The largest absolute Gasteiger partial charge is 0.326 e. The van der Waals surface area contributed by atoms with Gasteiger partial charge in [-0.1, -0.05) is 55.8 Å². The molecule has 3 amide bonds. The van der Waals surface area contributed by atoms with Crippen molar-refractivity contribution in [2.24, 2.45) is 0 Å². The van der Waals surface area contributed by atoms with E-state index in [4.69, 9.17) is 11.6 Å². The highest BCUT2D eigenvalue weighted by Crippen LogP contribution is 2.28. The Kier molecular flexibility index (Phi) is 6.73. The maximum Gasteiger partial charge on any atom is 0.257 e. The number of anilines is 1. The number of halogens is 1. The fraction of sp³-hybridized carbons (Fsp3) is 0.292. The second kappa shape index (κ2) is 9.26. The van der Waals surface area contributed by atoms with Gasteiger partial charge in [-0.2, -0.15) is 0 Å². The molecule has 6 heteroatoms. The minimum Gasteiger partial charge on any atom is -0.326 e. The molecular weight excluding hydrogens is 400 g/mol. The van der Waals surface area contributed by atoms with Gasteiger partial charge in [-0.3, -0.25) is 14.4 Å². The van der Waals surface area contributed by atoms with E-state index < -0.39 is 6.04 Å². The second-order valence-corrected chi connectivity index (χ2v) is 8.11. The van der Waals surface area contributed by atoms with Gasteiger partial charge in [0.25, 0.3) is 5.91 Å². The standard InChI is InChI=1S/C24H25ClN2O3/c1-4-13-26(22(28)14-17-5-9-19(25)10-6-17)21-15-23(29)27(24(21)30)20-11-7-18(8-12-20)16(2)3/h4-12,16,21H,1,13-15H2,2-3H3. The predicted octanol–water partition coefficient (Wildman–Crippen LogP) is 4.35. The number of nitrogens with zero attached hydrogens (tertiary/aromatic N) is 2. The van der Waals surface area contributed by atoms with Crippen molar-refractivity contribution < 1.29 is 14.4 Å². The summed E-state index contributed by atoms with van der Waals surface area (Å²) in [5.74, 6) is -0.579. The molecule has 30 heavy (non-hydrogen) atoms. The summed E-state index contributed by atoms with van der Waals surface area (Å²) in [5, 5.41) is 0.588. The van der Waals surface area contributed by atoms with E-state index in [9.17, 15) is 14.4 Å². The third-order valence-electron chi connectivity index (χ3n) is 5.23. The van der Waals surface area contributed by atoms with Crippen molar-refractivity contribution >= 4 is 35.0 Å². The topological polar surface area (TPSA) is 57.7 Å². The Morgan fingerprint density at radius 1 is 1.17 bits per heavy atom. The molecule has 0 saturated carbocycles. The first-order valence-electron chi connectivity index (χ1n) is 9.93. The molecule has 3 rings (SSSR count). The Balaban J connectivity index is 1.80. The van der Waals surface area contributed by atoms with Crippen LogP contribution in [-0.2, 0) is 20.8 Å². The van der Waals surface area contributed by atoms with Gasteiger partial charge >= 0.3 is 0 Å². The SMILES string of the molecule is C=CCN(C(=O)Cc1ccc(Cl)cc1)C1CC(=O)N(c2ccc(C(C)C)cc2)C1=O. The van der Waals surface area contributed by atoms with Crippen molar-refractivity contribution in [3.63, 3.8) is 0 Å². The summed E-state index contributed by atoms with van der Waals surface area (Å²) < 4.78 is 0. The normalized spacial score (nSPS) is 16.3. The Bertz CT molecular complexity index is 951. The summed E-state index contributed by atoms with van der Waals surface area (Å²) in [6.45, 7) is 8.05. The minimum absolute atomic E-state index is 0.0367. The Morgan fingerprint density at radius 2 is 1.80 bits per heavy atom. The van der Waals surface area contributed by atoms with Gasteiger partial charge in [0.1, 0.15) is 6.04 Å². The van der Waals surface area contributed by atoms with Gasteiger partial charge in [0.05, 0.1) is 18.5 Å². The molecule has 0 N–H and O–H groups in total. The highest BCUT2D eigenvalue weighted by atomic mass is 35.5. The number of imide groups is 1. The summed E-state index contributed by atoms with van der Waals surface area (Å²) in [4.78, 5) is 41.3. The van der Waals surface area contributed by atoms with Crippen LogP contribution in [-0.4, -0.2) is 35.2 Å². The molecule has 2 aromatic carbocycles. The number of carbonyl (C=O) groups excluding carboxylic acids is 3. The lowest BCUT2D eigenvalue weighted by atomic mass is 10.0. The first-order chi connectivity index (χ1) is 14.3. The van der Waals surface area contributed by atoms with Crippen LogP contribution in [0.5, 0.6) is 0 Å². The molecule has 156 valence electrons. The van der Waals surface area contributed by atoms with Crippen LogP contribution in [0.4, 0.5) is 5.69 Å². The second-order valence-electron chi connectivity index (χ2n) is 7.67. The van der Waals surface area contributed by atoms with Crippen LogP contribution < -0.4 is 4.90 Å². The third-order valence-corrected chi connectivity index (χ3v) is 5.48. The Hall–Kier alpha value is -2.92. The molecule has 1 atom stereocenters. The van der Waals surface area contributed by atoms with Crippen molar-refractivity contribution in [2.75, 3.05) is 11.4 Å². The summed E-state index contributed by atoms with van der Waals surface area (Å²) in [6.07, 6.45) is 1.65. The zero-order valence-corrected chi connectivity index (χ0v) is 17.9. The average molecular weight is 425 g/mol. The molecule has 1 heterocycles. The Morgan fingerprint density at radius 3 is 2.37 bits per heavy atom. The molecule has 1 fully saturated rings. The number of carbonyl (C=O) groups is 3. The zero-order chi connectivity index (χ0) is 21.8. The quantitative estimate of drug-likeness (QED) is 0.490. The molecule has 0 aliphatic carbocycles. The third kappa shape index (κ3) is 4.62. The van der Waals surface area contributed by atoms with Gasteiger partial charge in [-0.15, -0.1) is 6.58 Å². The maximum absolute atomic E-state index is 13.1. The highest BCUT2D eigenvalue weighted by Gasteiger charge is 2.43. The van der Waals surface area contributed by atoms with E-state index in [1.165, 1.54) is 9.80 Å². The molecule has 2 aromatic rings. The first-order valence-corrected chi connectivity index (χ1v) is 10.3. The van der Waals surface area contributed by atoms with Crippen molar-refractivity contribution in [2.45, 2.75) is 38.6 Å². The molecule has 0 radical (unpaired) electrons. The van der Waals surface area contributed by atoms with Gasteiger partial charge < -0.3 is 4.90 Å². The van der Waals surface area contributed by atoms with Crippen LogP contribution in [0.25, 0.3) is 0 Å². The number of hydrogen-bond donors (Lipinski definition) is 0. The smallest absolute Gasteiger partial charge is 0.257 e. The van der Waals surface area contributed by atoms with E-state index in [-0.39, 0.29) is 37.1 Å². The van der Waals surface area contributed by atoms with Crippen molar-refractivity contribution in [3.8, 4) is 0 Å². The van der Waals surface area contributed by atoms with Gasteiger partial charge in [-0.05, 0) is 41.3 Å². The fourth-order valence-electron chi connectivity index (χ4n) is 3.56. The van der Waals surface area contributed by atoms with E-state index in [0.29, 0.717) is 16.6 Å². The monoisotopic (exact) mass is 424 g/mol. The lowest BCUT2D eigenvalue weighted by Gasteiger charge is -2.26. The van der Waals surface area contributed by atoms with E-state index >= 15 is 0 Å². The number of amides is 3. The van der Waals surface area contributed by atoms with Gasteiger partial charge in [-0.25, -0.2) is 4.90 Å². The van der Waals surface area contributed by atoms with E-state index in [0.717, 1.165) is 11.1 Å².